The molecular formula is C10H19NO4. The molecule has 0 spiro atoms. The van der Waals surface area contributed by atoms with E-state index in [0.29, 0.717) is 0 Å². The summed E-state index contributed by atoms with van der Waals surface area (Å²) in [4.78, 5) is 21.6. The van der Waals surface area contributed by atoms with Crippen LogP contribution in [-0.4, -0.2) is 34.2 Å². The second-order valence-corrected chi connectivity index (χ2v) is 4.50. The van der Waals surface area contributed by atoms with Crippen molar-refractivity contribution in [2.24, 2.45) is 5.92 Å². The van der Waals surface area contributed by atoms with Gasteiger partial charge in [-0.2, -0.15) is 0 Å². The summed E-state index contributed by atoms with van der Waals surface area (Å²) in [5.74, 6) is -1.33. The maximum Gasteiger partial charge on any atom is 0.303 e. The molecule has 0 aliphatic heterocycles. The highest BCUT2D eigenvalue weighted by molar-refractivity contribution is 5.77. The molecule has 0 saturated heterocycles. The molecule has 0 aromatic rings. The minimum atomic E-state index is -0.939. The molecule has 0 aromatic carbocycles. The number of carboxylic acids is 1. The Morgan fingerprint density at radius 3 is 2.27 bits per heavy atom. The van der Waals surface area contributed by atoms with E-state index in [1.807, 2.05) is 0 Å². The third-order valence-corrected chi connectivity index (χ3v) is 1.78. The molecule has 0 rings (SSSR count). The van der Waals surface area contributed by atoms with Crippen molar-refractivity contribution in [3.63, 3.8) is 0 Å². The van der Waals surface area contributed by atoms with Gasteiger partial charge in [-0.15, -0.1) is 0 Å². The summed E-state index contributed by atoms with van der Waals surface area (Å²) in [7, 11) is 0. The average Bonchev–Trinajstić information content (AvgIpc) is 1.97. The van der Waals surface area contributed by atoms with E-state index in [-0.39, 0.29) is 31.2 Å². The average molecular weight is 217 g/mol. The van der Waals surface area contributed by atoms with Crippen LogP contribution in [0.4, 0.5) is 0 Å². The van der Waals surface area contributed by atoms with E-state index in [1.54, 1.807) is 20.8 Å². The third kappa shape index (κ3) is 9.21. The van der Waals surface area contributed by atoms with Gasteiger partial charge in [0.05, 0.1) is 5.60 Å². The maximum absolute atomic E-state index is 11.3. The van der Waals surface area contributed by atoms with Crippen LogP contribution in [0.1, 0.15) is 33.6 Å². The van der Waals surface area contributed by atoms with Crippen LogP contribution in [0.15, 0.2) is 0 Å². The van der Waals surface area contributed by atoms with Gasteiger partial charge in [0, 0.05) is 19.4 Å². The number of aliphatic carboxylic acids is 1. The molecule has 1 atom stereocenters. The zero-order chi connectivity index (χ0) is 12.1. The Morgan fingerprint density at radius 2 is 1.87 bits per heavy atom. The highest BCUT2D eigenvalue weighted by Crippen LogP contribution is 2.07. The zero-order valence-electron chi connectivity index (χ0n) is 9.41. The molecule has 0 radical (unpaired) electrons. The molecule has 0 heterocycles. The van der Waals surface area contributed by atoms with Gasteiger partial charge in [-0.3, -0.25) is 9.59 Å². The van der Waals surface area contributed by atoms with Gasteiger partial charge in [-0.05, 0) is 19.8 Å². The lowest BCUT2D eigenvalue weighted by Crippen LogP contribution is -2.38. The quantitative estimate of drug-likeness (QED) is 0.600. The van der Waals surface area contributed by atoms with Crippen LogP contribution in [0, 0.1) is 5.92 Å². The molecular weight excluding hydrogens is 198 g/mol. The second-order valence-electron chi connectivity index (χ2n) is 4.50. The van der Waals surface area contributed by atoms with Crippen LogP contribution in [-0.2, 0) is 9.59 Å². The number of hydrogen-bond donors (Lipinski definition) is 3. The fourth-order valence-corrected chi connectivity index (χ4v) is 1.07. The van der Waals surface area contributed by atoms with E-state index in [1.165, 1.54) is 0 Å². The lowest BCUT2D eigenvalue weighted by Gasteiger charge is -2.18. The third-order valence-electron chi connectivity index (χ3n) is 1.78. The van der Waals surface area contributed by atoms with E-state index in [4.69, 9.17) is 5.11 Å². The molecule has 0 aromatic heterocycles. The smallest absolute Gasteiger partial charge is 0.303 e. The predicted octanol–water partition coefficient (Wildman–Crippen LogP) is 0.374. The highest BCUT2D eigenvalue weighted by atomic mass is 16.4. The summed E-state index contributed by atoms with van der Waals surface area (Å²) in [6, 6.07) is 0. The van der Waals surface area contributed by atoms with Crippen molar-refractivity contribution in [2.75, 3.05) is 6.54 Å². The lowest BCUT2D eigenvalue weighted by molar-refractivity contribution is -0.138. The van der Waals surface area contributed by atoms with Crippen molar-refractivity contribution in [3.05, 3.63) is 0 Å². The fraction of sp³-hybridized carbons (Fsp3) is 0.800. The van der Waals surface area contributed by atoms with Crippen LogP contribution >= 0.6 is 0 Å². The Balaban J connectivity index is 3.79. The zero-order valence-corrected chi connectivity index (χ0v) is 9.41. The first kappa shape index (κ1) is 13.9. The molecule has 0 bridgehead atoms. The maximum atomic E-state index is 11.3. The van der Waals surface area contributed by atoms with E-state index in [9.17, 15) is 14.7 Å². The minimum Gasteiger partial charge on any atom is -0.481 e. The summed E-state index contributed by atoms with van der Waals surface area (Å²) < 4.78 is 0. The van der Waals surface area contributed by atoms with Crippen LogP contribution < -0.4 is 5.32 Å². The predicted molar refractivity (Wildman–Crippen MR) is 55.3 cm³/mol. The van der Waals surface area contributed by atoms with Gasteiger partial charge >= 0.3 is 5.97 Å². The van der Waals surface area contributed by atoms with Crippen molar-refractivity contribution in [1.82, 2.24) is 5.32 Å². The summed E-state index contributed by atoms with van der Waals surface area (Å²) in [6.45, 7) is 5.06. The van der Waals surface area contributed by atoms with Crippen molar-refractivity contribution in [1.29, 1.82) is 0 Å². The highest BCUT2D eigenvalue weighted by Gasteiger charge is 2.16. The summed E-state index contributed by atoms with van der Waals surface area (Å²) in [5.41, 5.74) is -0.939. The van der Waals surface area contributed by atoms with Gasteiger partial charge in [0.2, 0.25) is 5.91 Å². The van der Waals surface area contributed by atoms with Crippen molar-refractivity contribution >= 4 is 11.9 Å². The first-order valence-electron chi connectivity index (χ1n) is 4.91. The number of amides is 1. The molecule has 5 heteroatoms. The lowest BCUT2D eigenvalue weighted by atomic mass is 10.0. The fourth-order valence-electron chi connectivity index (χ4n) is 1.07. The summed E-state index contributed by atoms with van der Waals surface area (Å²) in [6.07, 6.45) is 0.151. The van der Waals surface area contributed by atoms with Crippen LogP contribution in [0.5, 0.6) is 0 Å². The van der Waals surface area contributed by atoms with E-state index in [0.717, 1.165) is 0 Å². The molecule has 1 amide bonds. The minimum absolute atomic E-state index is 0.0179. The molecule has 0 aliphatic carbocycles. The first-order valence-corrected chi connectivity index (χ1v) is 4.91. The van der Waals surface area contributed by atoms with Gasteiger partial charge in [-0.1, -0.05) is 6.92 Å². The first-order chi connectivity index (χ1) is 6.70. The van der Waals surface area contributed by atoms with Gasteiger partial charge in [0.25, 0.3) is 0 Å². The number of nitrogens with one attached hydrogen (secondary N) is 1. The van der Waals surface area contributed by atoms with E-state index < -0.39 is 11.6 Å². The number of carbonyl (C=O) groups is 2. The summed E-state index contributed by atoms with van der Waals surface area (Å²) >= 11 is 0. The number of aliphatic hydroxyl groups is 1. The van der Waals surface area contributed by atoms with Gasteiger partial charge in [-0.25, -0.2) is 0 Å². The van der Waals surface area contributed by atoms with Crippen LogP contribution in [0.25, 0.3) is 0 Å². The molecule has 0 saturated carbocycles. The van der Waals surface area contributed by atoms with Gasteiger partial charge in [0.15, 0.2) is 0 Å². The molecule has 88 valence electrons. The number of rotatable bonds is 6. The Morgan fingerprint density at radius 1 is 1.33 bits per heavy atom. The van der Waals surface area contributed by atoms with Gasteiger partial charge < -0.3 is 15.5 Å². The van der Waals surface area contributed by atoms with Crippen LogP contribution in [0.3, 0.4) is 0 Å². The molecule has 15 heavy (non-hydrogen) atoms. The number of hydrogen-bond acceptors (Lipinski definition) is 3. The summed E-state index contributed by atoms with van der Waals surface area (Å²) in [5, 5.41) is 20.4. The SMILES string of the molecule is CC(CC(=O)O)CC(=O)NCC(C)(C)O. The monoisotopic (exact) mass is 217 g/mol. The number of carbonyl (C=O) groups excluding carboxylic acids is 1. The molecule has 5 nitrogen and oxygen atoms in total. The molecule has 0 fully saturated rings. The Labute approximate surface area is 89.5 Å². The Hall–Kier alpha value is -1.10. The molecule has 0 aliphatic rings. The largest absolute Gasteiger partial charge is 0.481 e. The molecule has 1 unspecified atom stereocenters. The van der Waals surface area contributed by atoms with E-state index in [2.05, 4.69) is 5.32 Å². The Bertz CT molecular complexity index is 232. The second kappa shape index (κ2) is 5.70. The standard InChI is InChI=1S/C10H19NO4/c1-7(5-9(13)14)4-8(12)11-6-10(2,3)15/h7,15H,4-6H2,1-3H3,(H,11,12)(H,13,14). The van der Waals surface area contributed by atoms with E-state index >= 15 is 0 Å². The topological polar surface area (TPSA) is 86.6 Å². The van der Waals surface area contributed by atoms with Crippen molar-refractivity contribution in [3.8, 4) is 0 Å². The van der Waals surface area contributed by atoms with Crippen LogP contribution in [0.2, 0.25) is 0 Å². The molecule has 3 N–H and O–H groups in total. The Kier molecular flexibility index (Phi) is 5.28. The normalized spacial score (nSPS) is 13.3. The van der Waals surface area contributed by atoms with Crippen molar-refractivity contribution < 1.29 is 19.8 Å². The van der Waals surface area contributed by atoms with Crippen molar-refractivity contribution in [2.45, 2.75) is 39.2 Å². The van der Waals surface area contributed by atoms with Gasteiger partial charge in [0.1, 0.15) is 0 Å². The number of carboxylic acid groups (broad SMARTS) is 1.